The molecular weight excluding hydrogens is 296 g/mol. The fourth-order valence-corrected chi connectivity index (χ4v) is 1.52. The van der Waals surface area contributed by atoms with Crippen molar-refractivity contribution in [1.82, 2.24) is 0 Å². The molecule has 7 heteroatoms. The summed E-state index contributed by atoms with van der Waals surface area (Å²) >= 11 is 0. The number of esters is 1. The average Bonchev–Trinajstić information content (AvgIpc) is 2.44. The zero-order valence-electron chi connectivity index (χ0n) is 11.7. The van der Waals surface area contributed by atoms with Crippen molar-refractivity contribution < 1.29 is 27.6 Å². The highest BCUT2D eigenvalue weighted by molar-refractivity contribution is 7.85. The molecule has 0 fully saturated rings. The first-order valence-electron chi connectivity index (χ1n) is 5.86. The van der Waals surface area contributed by atoms with Gasteiger partial charge in [-0.1, -0.05) is 31.4 Å². The van der Waals surface area contributed by atoms with Crippen molar-refractivity contribution in [2.45, 2.75) is 11.8 Å². The van der Waals surface area contributed by atoms with Crippen molar-refractivity contribution in [3.8, 4) is 0 Å². The maximum Gasteiger partial charge on any atom is 0.333 e. The number of rotatable bonds is 5. The lowest BCUT2D eigenvalue weighted by Gasteiger charge is -1.99. The van der Waals surface area contributed by atoms with Gasteiger partial charge in [0.05, 0.1) is 11.5 Å². The van der Waals surface area contributed by atoms with Gasteiger partial charge in [-0.3, -0.25) is 4.55 Å². The van der Waals surface area contributed by atoms with Crippen LogP contribution in [0.2, 0.25) is 0 Å². The Balaban J connectivity index is 0.000000400. The van der Waals surface area contributed by atoms with E-state index in [1.54, 1.807) is 25.1 Å². The molecule has 1 aromatic carbocycles. The average molecular weight is 314 g/mol. The van der Waals surface area contributed by atoms with Gasteiger partial charge >= 0.3 is 5.97 Å². The van der Waals surface area contributed by atoms with Gasteiger partial charge in [0.1, 0.15) is 6.61 Å². The normalized spacial score (nSPS) is 10.0. The van der Waals surface area contributed by atoms with Crippen LogP contribution in [0.15, 0.2) is 47.9 Å². The van der Waals surface area contributed by atoms with Crippen LogP contribution < -0.4 is 0 Å². The molecule has 0 aliphatic heterocycles. The predicted molar refractivity (Wildman–Crippen MR) is 79.2 cm³/mol. The van der Waals surface area contributed by atoms with Crippen molar-refractivity contribution in [2.75, 3.05) is 13.2 Å². The summed E-state index contributed by atoms with van der Waals surface area (Å²) in [6, 6.07) is 5.78. The minimum absolute atomic E-state index is 0.0473. The van der Waals surface area contributed by atoms with Crippen molar-refractivity contribution >= 4 is 22.2 Å². The summed E-state index contributed by atoms with van der Waals surface area (Å²) in [7, 11) is -4.06. The van der Waals surface area contributed by atoms with Crippen molar-refractivity contribution in [3.63, 3.8) is 0 Å². The monoisotopic (exact) mass is 314 g/mol. The fourth-order valence-electron chi connectivity index (χ4n) is 1.04. The van der Waals surface area contributed by atoms with E-state index in [-0.39, 0.29) is 18.1 Å². The highest BCUT2D eigenvalue weighted by Gasteiger charge is 2.07. The van der Waals surface area contributed by atoms with Crippen LogP contribution in [-0.4, -0.2) is 37.3 Å². The molecular formula is C14H18O6S. The van der Waals surface area contributed by atoms with Gasteiger partial charge in [0.25, 0.3) is 10.1 Å². The molecule has 0 saturated heterocycles. The van der Waals surface area contributed by atoms with Crippen LogP contribution >= 0.6 is 0 Å². The van der Waals surface area contributed by atoms with Gasteiger partial charge in [-0.2, -0.15) is 8.42 Å². The molecule has 1 aromatic rings. The molecule has 0 unspecified atom stereocenters. The second-order valence-corrected chi connectivity index (χ2v) is 5.31. The third-order valence-electron chi connectivity index (χ3n) is 2.09. The van der Waals surface area contributed by atoms with Crippen molar-refractivity contribution in [2.24, 2.45) is 0 Å². The van der Waals surface area contributed by atoms with E-state index in [0.717, 1.165) is 5.56 Å². The summed E-state index contributed by atoms with van der Waals surface area (Å²) in [5, 5.41) is 8.19. The third-order valence-corrected chi connectivity index (χ3v) is 2.95. The largest absolute Gasteiger partial charge is 0.460 e. The molecule has 0 aliphatic carbocycles. The summed E-state index contributed by atoms with van der Waals surface area (Å²) in [5.41, 5.74) is 1.16. The fraction of sp³-hybridized carbons (Fsp3) is 0.214. The quantitative estimate of drug-likeness (QED) is 0.487. The third kappa shape index (κ3) is 8.03. The standard InChI is InChI=1S/C8H8O3S.C6H10O3/c1-2-7-3-5-8(6-4-7)12(9,10)11;1-5(2)6(8)9-4-3-7/h2-6H,1H2,(H,9,10,11);7H,1,3-4H2,2H3. The van der Waals surface area contributed by atoms with E-state index in [1.165, 1.54) is 12.1 Å². The number of ether oxygens (including phenoxy) is 1. The van der Waals surface area contributed by atoms with Crippen LogP contribution in [-0.2, 0) is 19.6 Å². The van der Waals surface area contributed by atoms with E-state index < -0.39 is 16.1 Å². The number of hydrogen-bond acceptors (Lipinski definition) is 5. The Bertz CT molecular complexity index is 586. The van der Waals surface area contributed by atoms with Gasteiger partial charge in [-0.15, -0.1) is 0 Å². The molecule has 0 atom stereocenters. The highest BCUT2D eigenvalue weighted by atomic mass is 32.2. The molecule has 0 amide bonds. The topological polar surface area (TPSA) is 101 Å². The first-order chi connectivity index (χ1) is 9.72. The molecule has 116 valence electrons. The van der Waals surface area contributed by atoms with Crippen LogP contribution in [0.1, 0.15) is 12.5 Å². The van der Waals surface area contributed by atoms with E-state index in [1.807, 2.05) is 0 Å². The van der Waals surface area contributed by atoms with Crippen LogP contribution in [0.3, 0.4) is 0 Å². The van der Waals surface area contributed by atoms with Gasteiger partial charge in [-0.25, -0.2) is 4.79 Å². The van der Waals surface area contributed by atoms with Crippen molar-refractivity contribution in [1.29, 1.82) is 0 Å². The molecule has 0 heterocycles. The molecule has 21 heavy (non-hydrogen) atoms. The molecule has 2 N–H and O–H groups in total. The van der Waals surface area contributed by atoms with E-state index in [4.69, 9.17) is 9.66 Å². The predicted octanol–water partition coefficient (Wildman–Crippen LogP) is 1.67. The van der Waals surface area contributed by atoms with Gasteiger partial charge < -0.3 is 9.84 Å². The highest BCUT2D eigenvalue weighted by Crippen LogP contribution is 2.10. The minimum Gasteiger partial charge on any atom is -0.460 e. The van der Waals surface area contributed by atoms with Gasteiger partial charge in [0.15, 0.2) is 0 Å². The Kier molecular flexibility index (Phi) is 8.22. The van der Waals surface area contributed by atoms with Gasteiger partial charge in [-0.05, 0) is 24.6 Å². The van der Waals surface area contributed by atoms with Gasteiger partial charge in [0, 0.05) is 5.57 Å². The van der Waals surface area contributed by atoms with Crippen LogP contribution in [0.4, 0.5) is 0 Å². The van der Waals surface area contributed by atoms with E-state index >= 15 is 0 Å². The second-order valence-electron chi connectivity index (χ2n) is 3.89. The van der Waals surface area contributed by atoms with Crippen LogP contribution in [0.25, 0.3) is 6.08 Å². The summed E-state index contributed by atoms with van der Waals surface area (Å²) in [6.07, 6.45) is 1.59. The summed E-state index contributed by atoms with van der Waals surface area (Å²) in [5.74, 6) is -0.455. The Morgan fingerprint density at radius 1 is 1.33 bits per heavy atom. The number of carbonyl (C=O) groups is 1. The zero-order chi connectivity index (χ0) is 16.5. The molecule has 1 rings (SSSR count). The molecule has 0 aliphatic rings. The molecule has 0 spiro atoms. The summed E-state index contributed by atoms with van der Waals surface area (Å²) in [6.45, 7) is 8.33. The molecule has 0 bridgehead atoms. The zero-order valence-corrected chi connectivity index (χ0v) is 12.5. The van der Waals surface area contributed by atoms with Crippen LogP contribution in [0.5, 0.6) is 0 Å². The van der Waals surface area contributed by atoms with E-state index in [9.17, 15) is 13.2 Å². The van der Waals surface area contributed by atoms with E-state index in [0.29, 0.717) is 5.57 Å². The number of aliphatic hydroxyl groups is 1. The van der Waals surface area contributed by atoms with Crippen LogP contribution in [0, 0.1) is 0 Å². The SMILES string of the molecule is C=C(C)C(=O)OCCO.C=Cc1ccc(S(=O)(=O)O)cc1. The Hall–Kier alpha value is -1.96. The second kappa shape index (κ2) is 9.06. The van der Waals surface area contributed by atoms with Crippen molar-refractivity contribution in [3.05, 3.63) is 48.6 Å². The lowest BCUT2D eigenvalue weighted by Crippen LogP contribution is -2.08. The first-order valence-corrected chi connectivity index (χ1v) is 7.30. The maximum absolute atomic E-state index is 10.6. The smallest absolute Gasteiger partial charge is 0.333 e. The Labute approximate surface area is 124 Å². The lowest BCUT2D eigenvalue weighted by atomic mass is 10.2. The molecule has 0 saturated carbocycles. The molecule has 0 radical (unpaired) electrons. The number of aliphatic hydroxyl groups excluding tert-OH is 1. The minimum atomic E-state index is -4.06. The van der Waals surface area contributed by atoms with E-state index in [2.05, 4.69) is 17.9 Å². The molecule has 6 nitrogen and oxygen atoms in total. The first kappa shape index (κ1) is 19.0. The number of carbonyl (C=O) groups excluding carboxylic acids is 1. The Morgan fingerprint density at radius 2 is 1.86 bits per heavy atom. The van der Waals surface area contributed by atoms with Gasteiger partial charge in [0.2, 0.25) is 0 Å². The summed E-state index contributed by atoms with van der Waals surface area (Å²) < 4.78 is 34.2. The summed E-state index contributed by atoms with van der Waals surface area (Å²) in [4.78, 5) is 10.4. The Morgan fingerprint density at radius 3 is 2.19 bits per heavy atom. The number of benzene rings is 1. The lowest BCUT2D eigenvalue weighted by molar-refractivity contribution is -0.139. The number of hydrogen-bond donors (Lipinski definition) is 2. The maximum atomic E-state index is 10.6. The molecule has 0 aromatic heterocycles.